The van der Waals surface area contributed by atoms with Crippen LogP contribution in [0, 0.1) is 0 Å². The quantitative estimate of drug-likeness (QED) is 0.750. The smallest absolute Gasteiger partial charge is 0.275 e. The Kier molecular flexibility index (Phi) is 4.64. The number of benzene rings is 2. The zero-order valence-electron chi connectivity index (χ0n) is 15.2. The van der Waals surface area contributed by atoms with Crippen molar-refractivity contribution in [2.75, 3.05) is 11.9 Å². The Morgan fingerprint density at radius 1 is 1.11 bits per heavy atom. The van der Waals surface area contributed by atoms with Crippen molar-refractivity contribution in [3.8, 4) is 5.69 Å². The molecule has 2 heterocycles. The van der Waals surface area contributed by atoms with Gasteiger partial charge < -0.3 is 5.32 Å². The van der Waals surface area contributed by atoms with E-state index < -0.39 is 0 Å². The lowest BCUT2D eigenvalue weighted by Crippen LogP contribution is -2.32. The number of hydrogen-bond donors (Lipinski definition) is 2. The van der Waals surface area contributed by atoms with Crippen molar-refractivity contribution >= 4 is 11.6 Å². The van der Waals surface area contributed by atoms with Gasteiger partial charge in [0.1, 0.15) is 0 Å². The Bertz CT molecular complexity index is 1000. The summed E-state index contributed by atoms with van der Waals surface area (Å²) in [5, 5.41) is 6.04. The molecule has 3 aromatic rings. The predicted octanol–water partition coefficient (Wildman–Crippen LogP) is 2.68. The number of H-pyrrole nitrogens is 1. The van der Waals surface area contributed by atoms with Gasteiger partial charge >= 0.3 is 0 Å². The molecule has 0 atom stereocenters. The SMILES string of the molecule is CC(=O)Nc1ccc(CN2CCc3[nH]n(-c4ccccc4)c(=O)c3C2)cc1. The molecule has 0 saturated heterocycles. The molecule has 6 heteroatoms. The molecule has 0 unspecified atom stereocenters. The largest absolute Gasteiger partial charge is 0.326 e. The van der Waals surface area contributed by atoms with Crippen LogP contribution in [0.4, 0.5) is 5.69 Å². The summed E-state index contributed by atoms with van der Waals surface area (Å²) < 4.78 is 1.64. The van der Waals surface area contributed by atoms with Crippen LogP contribution in [0.25, 0.3) is 5.69 Å². The Morgan fingerprint density at radius 2 is 1.85 bits per heavy atom. The highest BCUT2D eigenvalue weighted by Crippen LogP contribution is 2.19. The second kappa shape index (κ2) is 7.25. The fourth-order valence-corrected chi connectivity index (χ4v) is 3.51. The highest BCUT2D eigenvalue weighted by atomic mass is 16.1. The van der Waals surface area contributed by atoms with Gasteiger partial charge in [0.2, 0.25) is 5.91 Å². The second-order valence-corrected chi connectivity index (χ2v) is 6.88. The number of amides is 1. The van der Waals surface area contributed by atoms with Crippen LogP contribution in [-0.4, -0.2) is 27.1 Å². The lowest BCUT2D eigenvalue weighted by Gasteiger charge is -2.25. The van der Waals surface area contributed by atoms with E-state index in [1.807, 2.05) is 54.6 Å². The predicted molar refractivity (Wildman–Crippen MR) is 105 cm³/mol. The van der Waals surface area contributed by atoms with Gasteiger partial charge in [0.05, 0.1) is 11.3 Å². The molecule has 0 radical (unpaired) electrons. The number of anilines is 1. The van der Waals surface area contributed by atoms with Crippen LogP contribution in [0.1, 0.15) is 23.7 Å². The summed E-state index contributed by atoms with van der Waals surface area (Å²) in [6.07, 6.45) is 0.828. The zero-order valence-corrected chi connectivity index (χ0v) is 15.2. The van der Waals surface area contributed by atoms with Crippen molar-refractivity contribution in [1.29, 1.82) is 0 Å². The zero-order chi connectivity index (χ0) is 18.8. The Balaban J connectivity index is 1.49. The molecule has 0 spiro atoms. The molecule has 138 valence electrons. The minimum atomic E-state index is -0.0755. The maximum Gasteiger partial charge on any atom is 0.275 e. The van der Waals surface area contributed by atoms with Crippen LogP contribution in [0.3, 0.4) is 0 Å². The standard InChI is InChI=1S/C21H22N4O2/c1-15(26)22-17-9-7-16(8-10-17)13-24-12-11-20-19(14-24)21(27)25(23-20)18-5-3-2-4-6-18/h2-10,23H,11-14H2,1H3,(H,22,26). The minimum Gasteiger partial charge on any atom is -0.326 e. The van der Waals surface area contributed by atoms with E-state index in [9.17, 15) is 9.59 Å². The van der Waals surface area contributed by atoms with Gasteiger partial charge in [0, 0.05) is 44.4 Å². The van der Waals surface area contributed by atoms with E-state index in [1.54, 1.807) is 4.68 Å². The van der Waals surface area contributed by atoms with Gasteiger partial charge in [-0.15, -0.1) is 0 Å². The van der Waals surface area contributed by atoms with E-state index in [1.165, 1.54) is 6.92 Å². The first-order valence-electron chi connectivity index (χ1n) is 9.07. The van der Waals surface area contributed by atoms with E-state index in [4.69, 9.17) is 0 Å². The number of fused-ring (bicyclic) bond motifs is 1. The molecule has 27 heavy (non-hydrogen) atoms. The maximum absolute atomic E-state index is 12.8. The van der Waals surface area contributed by atoms with Crippen molar-refractivity contribution < 1.29 is 4.79 Å². The minimum absolute atomic E-state index is 0.0295. The molecule has 0 fully saturated rings. The number of aromatic nitrogens is 2. The highest BCUT2D eigenvalue weighted by molar-refractivity contribution is 5.88. The monoisotopic (exact) mass is 362 g/mol. The number of nitrogens with one attached hydrogen (secondary N) is 2. The number of hydrogen-bond acceptors (Lipinski definition) is 3. The summed E-state index contributed by atoms with van der Waals surface area (Å²) in [4.78, 5) is 26.2. The summed E-state index contributed by atoms with van der Waals surface area (Å²) in [6.45, 7) is 3.81. The lowest BCUT2D eigenvalue weighted by atomic mass is 10.1. The van der Waals surface area contributed by atoms with E-state index in [-0.39, 0.29) is 11.5 Å². The maximum atomic E-state index is 12.8. The van der Waals surface area contributed by atoms with E-state index in [0.717, 1.165) is 47.7 Å². The van der Waals surface area contributed by atoms with Gasteiger partial charge in [-0.1, -0.05) is 30.3 Å². The molecular weight excluding hydrogens is 340 g/mol. The molecule has 0 saturated carbocycles. The Hall–Kier alpha value is -3.12. The van der Waals surface area contributed by atoms with E-state index in [2.05, 4.69) is 15.3 Å². The molecule has 1 aliphatic rings. The van der Waals surface area contributed by atoms with Gasteiger partial charge in [0.15, 0.2) is 0 Å². The van der Waals surface area contributed by atoms with E-state index >= 15 is 0 Å². The first-order valence-corrected chi connectivity index (χ1v) is 9.07. The van der Waals surface area contributed by atoms with Gasteiger partial charge in [-0.2, -0.15) is 0 Å². The van der Waals surface area contributed by atoms with Crippen LogP contribution < -0.4 is 10.9 Å². The van der Waals surface area contributed by atoms with Crippen molar-refractivity contribution in [2.45, 2.75) is 26.4 Å². The van der Waals surface area contributed by atoms with Gasteiger partial charge in [-0.3, -0.25) is 19.6 Å². The fourth-order valence-electron chi connectivity index (χ4n) is 3.51. The van der Waals surface area contributed by atoms with Crippen molar-refractivity contribution in [3.63, 3.8) is 0 Å². The topological polar surface area (TPSA) is 70.1 Å². The third kappa shape index (κ3) is 3.71. The summed E-state index contributed by atoms with van der Waals surface area (Å²) in [5.41, 5.74) is 4.72. The number of carbonyl (C=O) groups is 1. The molecule has 2 N–H and O–H groups in total. The van der Waals surface area contributed by atoms with Crippen LogP contribution in [0.2, 0.25) is 0 Å². The normalized spacial score (nSPS) is 14.0. The van der Waals surface area contributed by atoms with E-state index in [0.29, 0.717) is 6.54 Å². The summed E-state index contributed by atoms with van der Waals surface area (Å²) in [7, 11) is 0. The third-order valence-corrected chi connectivity index (χ3v) is 4.83. The number of para-hydroxylation sites is 1. The summed E-state index contributed by atoms with van der Waals surface area (Å²) in [6, 6.07) is 17.5. The number of nitrogens with zero attached hydrogens (tertiary/aromatic N) is 2. The lowest BCUT2D eigenvalue weighted by molar-refractivity contribution is -0.114. The van der Waals surface area contributed by atoms with Gasteiger partial charge in [0.25, 0.3) is 5.56 Å². The average molecular weight is 362 g/mol. The number of aromatic amines is 1. The summed E-state index contributed by atoms with van der Waals surface area (Å²) >= 11 is 0. The third-order valence-electron chi connectivity index (χ3n) is 4.83. The van der Waals surface area contributed by atoms with Gasteiger partial charge in [-0.05, 0) is 29.8 Å². The molecule has 1 aromatic heterocycles. The molecule has 6 nitrogen and oxygen atoms in total. The molecule has 0 bridgehead atoms. The van der Waals surface area contributed by atoms with Crippen molar-refractivity contribution in [2.24, 2.45) is 0 Å². The summed E-state index contributed by atoms with van der Waals surface area (Å²) in [5.74, 6) is -0.0755. The highest BCUT2D eigenvalue weighted by Gasteiger charge is 2.23. The molecule has 2 aromatic carbocycles. The molecular formula is C21H22N4O2. The molecule has 4 rings (SSSR count). The van der Waals surface area contributed by atoms with Crippen LogP contribution >= 0.6 is 0 Å². The van der Waals surface area contributed by atoms with Crippen molar-refractivity contribution in [1.82, 2.24) is 14.7 Å². The van der Waals surface area contributed by atoms with Crippen LogP contribution in [-0.2, 0) is 24.3 Å². The molecule has 0 aliphatic carbocycles. The van der Waals surface area contributed by atoms with Crippen molar-refractivity contribution in [3.05, 3.63) is 81.8 Å². The number of carbonyl (C=O) groups excluding carboxylic acids is 1. The second-order valence-electron chi connectivity index (χ2n) is 6.88. The fraction of sp³-hybridized carbons (Fsp3) is 0.238. The van der Waals surface area contributed by atoms with Crippen LogP contribution in [0.15, 0.2) is 59.4 Å². The Labute approximate surface area is 157 Å². The molecule has 1 aliphatic heterocycles. The number of rotatable bonds is 4. The first kappa shape index (κ1) is 17.3. The first-order chi connectivity index (χ1) is 13.1. The van der Waals surface area contributed by atoms with Crippen LogP contribution in [0.5, 0.6) is 0 Å². The Morgan fingerprint density at radius 3 is 2.56 bits per heavy atom. The average Bonchev–Trinajstić information content (AvgIpc) is 3.00. The molecule has 1 amide bonds. The van der Waals surface area contributed by atoms with Gasteiger partial charge in [-0.25, -0.2) is 4.68 Å².